The third-order valence-corrected chi connectivity index (χ3v) is 10.9. The van der Waals surface area contributed by atoms with Crippen LogP contribution >= 0.6 is 0 Å². The lowest BCUT2D eigenvalue weighted by atomic mass is 9.83. The number of aromatic amines is 1. The Hall–Kier alpha value is -4.46. The molecule has 14 heteroatoms. The number of amides is 5. The van der Waals surface area contributed by atoms with Crippen molar-refractivity contribution in [3.8, 4) is 0 Å². The Kier molecular flexibility index (Phi) is 17.2. The minimum absolute atomic E-state index is 0.0238. The van der Waals surface area contributed by atoms with Crippen LogP contribution in [0.4, 0.5) is 4.79 Å². The number of likely N-dealkylation sites (N-methyl/N-ethyl adjacent to an activating group) is 1. The first-order valence-electron chi connectivity index (χ1n) is 20.6. The Balaban J connectivity index is 1.59. The van der Waals surface area contributed by atoms with Gasteiger partial charge in [0, 0.05) is 51.8 Å². The fourth-order valence-corrected chi connectivity index (χ4v) is 7.81. The number of nitrogens with zero attached hydrogens (tertiary/aromatic N) is 4. The van der Waals surface area contributed by atoms with E-state index in [9.17, 15) is 29.1 Å². The van der Waals surface area contributed by atoms with Gasteiger partial charge >= 0.3 is 6.09 Å². The second kappa shape index (κ2) is 21.7. The number of hydrogen-bond acceptors (Lipinski definition) is 8. The molecule has 1 saturated heterocycles. The maximum Gasteiger partial charge on any atom is 0.429 e. The van der Waals surface area contributed by atoms with Crippen LogP contribution in [0.25, 0.3) is 0 Å². The highest BCUT2D eigenvalue weighted by atomic mass is 16.6. The summed E-state index contributed by atoms with van der Waals surface area (Å²) in [5.74, 6) is -0.928. The predicted molar refractivity (Wildman–Crippen MR) is 213 cm³/mol. The van der Waals surface area contributed by atoms with Crippen molar-refractivity contribution in [3.63, 3.8) is 0 Å². The molecule has 1 aliphatic carbocycles. The Morgan fingerprint density at radius 3 is 2.25 bits per heavy atom. The van der Waals surface area contributed by atoms with Crippen molar-refractivity contribution in [2.45, 2.75) is 142 Å². The zero-order valence-corrected chi connectivity index (χ0v) is 34.2. The number of ether oxygens (including phenoxy) is 1. The highest BCUT2D eigenvalue weighted by Crippen LogP contribution is 2.29. The molecule has 0 bridgehead atoms. The quantitative estimate of drug-likeness (QED) is 0.158. The summed E-state index contributed by atoms with van der Waals surface area (Å²) in [4.78, 5) is 77.2. The summed E-state index contributed by atoms with van der Waals surface area (Å²) >= 11 is 0. The second-order valence-electron chi connectivity index (χ2n) is 16.5. The van der Waals surface area contributed by atoms with Crippen LogP contribution in [0.15, 0.2) is 42.9 Å². The Morgan fingerprint density at radius 2 is 1.62 bits per heavy atom. The van der Waals surface area contributed by atoms with E-state index in [-0.39, 0.29) is 37.8 Å². The van der Waals surface area contributed by atoms with Crippen LogP contribution < -0.4 is 10.6 Å². The number of hydrogen-bond donors (Lipinski definition) is 4. The summed E-state index contributed by atoms with van der Waals surface area (Å²) in [5, 5.41) is 19.8. The van der Waals surface area contributed by atoms with Crippen molar-refractivity contribution in [2.75, 3.05) is 20.1 Å². The number of hydrazine groups is 1. The molecule has 2 aliphatic rings. The predicted octanol–water partition coefficient (Wildman–Crippen LogP) is 4.78. The lowest BCUT2D eigenvalue weighted by Crippen LogP contribution is -2.57. The van der Waals surface area contributed by atoms with Gasteiger partial charge in [-0.1, -0.05) is 90.1 Å². The van der Waals surface area contributed by atoms with Crippen LogP contribution in [0.1, 0.15) is 110 Å². The highest BCUT2D eigenvalue weighted by Gasteiger charge is 2.40. The third-order valence-electron chi connectivity index (χ3n) is 10.9. The molecule has 2 fully saturated rings. The molecule has 0 radical (unpaired) electrons. The molecule has 0 spiro atoms. The van der Waals surface area contributed by atoms with Crippen LogP contribution in [0.2, 0.25) is 0 Å². The molecule has 1 aliphatic heterocycles. The van der Waals surface area contributed by atoms with Gasteiger partial charge in [0.05, 0.1) is 18.5 Å². The van der Waals surface area contributed by atoms with Crippen LogP contribution in [-0.4, -0.2) is 110 Å². The standard InChI is InChI=1S/C42H65N7O7/c1-28(2)18-19-37(51)34(23-31-14-9-7-10-15-31)46-39(52)36(25-33-26-43-27-44-33)47(6)41(54)38(24-32-16-11-8-12-17-32)56-42(55)49-21-13-20-48(49)40(53)35(22-29(3)4)45-30(5)50/h8,11-12,16-17,26-29,31,34-38,51H,7,9-10,13-15,18-25H2,1-6H3,(H,43,44)(H,45,50)(H,46,52)/t34-,35-,36-,37-,38-/m0/s1. The van der Waals surface area contributed by atoms with Crippen molar-refractivity contribution in [2.24, 2.45) is 17.8 Å². The molecule has 1 saturated carbocycles. The molecule has 14 nitrogen and oxygen atoms in total. The smallest absolute Gasteiger partial charge is 0.429 e. The van der Waals surface area contributed by atoms with Gasteiger partial charge < -0.3 is 30.4 Å². The number of carbonyl (C=O) groups excluding carboxylic acids is 5. The first kappa shape index (κ1) is 44.3. The number of aliphatic hydroxyl groups is 1. The molecular weight excluding hydrogens is 715 g/mol. The molecule has 1 aromatic carbocycles. The van der Waals surface area contributed by atoms with E-state index in [1.165, 1.54) is 41.6 Å². The number of aromatic nitrogens is 2. The SMILES string of the molecule is CC(=O)N[C@@H](CC(C)C)C(=O)N1CCCN1C(=O)O[C@@H](Cc1ccccc1)C(=O)N(C)[C@@H](Cc1cnc[nH]1)C(=O)N[C@@H](CC1CCCCC1)[C@@H](O)CCC(C)C. The van der Waals surface area contributed by atoms with Gasteiger partial charge in [-0.2, -0.15) is 0 Å². The summed E-state index contributed by atoms with van der Waals surface area (Å²) in [6.07, 6.45) is 8.71. The molecule has 2 heterocycles. The van der Waals surface area contributed by atoms with Gasteiger partial charge in [0.15, 0.2) is 6.10 Å². The molecule has 56 heavy (non-hydrogen) atoms. The fourth-order valence-electron chi connectivity index (χ4n) is 7.81. The van der Waals surface area contributed by atoms with Gasteiger partial charge in [0.2, 0.25) is 11.8 Å². The maximum atomic E-state index is 14.6. The summed E-state index contributed by atoms with van der Waals surface area (Å²) in [6, 6.07) is 6.79. The molecule has 1 aromatic heterocycles. The van der Waals surface area contributed by atoms with Crippen LogP contribution in [0, 0.1) is 17.8 Å². The van der Waals surface area contributed by atoms with E-state index >= 15 is 0 Å². The van der Waals surface area contributed by atoms with Gasteiger partial charge in [-0.05, 0) is 55.4 Å². The van der Waals surface area contributed by atoms with Crippen molar-refractivity contribution in [1.29, 1.82) is 0 Å². The number of benzene rings is 1. The van der Waals surface area contributed by atoms with E-state index in [1.807, 2.05) is 44.2 Å². The van der Waals surface area contributed by atoms with Gasteiger partial charge in [-0.15, -0.1) is 0 Å². The zero-order chi connectivity index (χ0) is 40.8. The monoisotopic (exact) mass is 779 g/mol. The van der Waals surface area contributed by atoms with Crippen molar-refractivity contribution >= 4 is 29.7 Å². The van der Waals surface area contributed by atoms with Gasteiger partial charge in [0.25, 0.3) is 11.8 Å². The number of H-pyrrole nitrogens is 1. The summed E-state index contributed by atoms with van der Waals surface area (Å²) < 4.78 is 6.01. The molecule has 4 N–H and O–H groups in total. The maximum absolute atomic E-state index is 14.6. The largest absolute Gasteiger partial charge is 0.434 e. The van der Waals surface area contributed by atoms with Crippen molar-refractivity contribution < 1.29 is 33.8 Å². The topological polar surface area (TPSA) is 177 Å². The molecule has 0 unspecified atom stereocenters. The van der Waals surface area contributed by atoms with E-state index in [4.69, 9.17) is 4.74 Å². The number of imidazole rings is 1. The summed E-state index contributed by atoms with van der Waals surface area (Å²) in [7, 11) is 1.52. The van der Waals surface area contributed by atoms with E-state index in [1.54, 1.807) is 6.20 Å². The highest BCUT2D eigenvalue weighted by molar-refractivity contribution is 5.91. The third kappa shape index (κ3) is 13.3. The number of carbonyl (C=O) groups is 5. The summed E-state index contributed by atoms with van der Waals surface area (Å²) in [5.41, 5.74) is 1.37. The zero-order valence-electron chi connectivity index (χ0n) is 34.2. The van der Waals surface area contributed by atoms with Crippen molar-refractivity contribution in [1.82, 2.24) is 35.5 Å². The Bertz CT molecular complexity index is 1550. The number of aliphatic hydroxyl groups excluding tert-OH is 1. The molecule has 2 aromatic rings. The number of rotatable bonds is 19. The normalized spacial score (nSPS) is 17.6. The molecule has 5 amide bonds. The van der Waals surface area contributed by atoms with Crippen molar-refractivity contribution in [3.05, 3.63) is 54.1 Å². The minimum atomic E-state index is -1.35. The van der Waals surface area contributed by atoms with Gasteiger partial charge in [0.1, 0.15) is 12.1 Å². The van der Waals surface area contributed by atoms with E-state index in [0.717, 1.165) is 37.7 Å². The molecule has 4 rings (SSSR count). The average molecular weight is 780 g/mol. The lowest BCUT2D eigenvalue weighted by Gasteiger charge is -2.35. The van der Waals surface area contributed by atoms with Crippen LogP contribution in [0.5, 0.6) is 0 Å². The second-order valence-corrected chi connectivity index (χ2v) is 16.5. The Labute approximate surface area is 332 Å². The van der Waals surface area contributed by atoms with Gasteiger partial charge in [-0.3, -0.25) is 19.2 Å². The molecule has 310 valence electrons. The van der Waals surface area contributed by atoms with E-state index in [0.29, 0.717) is 43.2 Å². The van der Waals surface area contributed by atoms with E-state index in [2.05, 4.69) is 34.4 Å². The average Bonchev–Trinajstić information content (AvgIpc) is 3.88. The van der Waals surface area contributed by atoms with Crippen LogP contribution in [-0.2, 0) is 36.8 Å². The summed E-state index contributed by atoms with van der Waals surface area (Å²) in [6.45, 7) is 9.88. The first-order chi connectivity index (χ1) is 26.7. The molecular formula is C42H65N7O7. The minimum Gasteiger partial charge on any atom is -0.434 e. The van der Waals surface area contributed by atoms with Gasteiger partial charge in [-0.25, -0.2) is 19.8 Å². The Morgan fingerprint density at radius 1 is 0.929 bits per heavy atom. The van der Waals surface area contributed by atoms with E-state index < -0.39 is 54.1 Å². The van der Waals surface area contributed by atoms with Crippen LogP contribution in [0.3, 0.4) is 0 Å². The lowest BCUT2D eigenvalue weighted by molar-refractivity contribution is -0.150. The number of nitrogens with one attached hydrogen (secondary N) is 3. The molecule has 5 atom stereocenters. The fraction of sp³-hybridized carbons (Fsp3) is 0.667. The first-order valence-corrected chi connectivity index (χ1v) is 20.6.